The molecule has 0 saturated heterocycles. The van der Waals surface area contributed by atoms with Gasteiger partial charge in [-0.1, -0.05) is 36.4 Å². The van der Waals surface area contributed by atoms with Crippen LogP contribution in [0.2, 0.25) is 0 Å². The van der Waals surface area contributed by atoms with Gasteiger partial charge in [-0.15, -0.1) is 0 Å². The molecule has 0 aliphatic heterocycles. The van der Waals surface area contributed by atoms with E-state index in [1.54, 1.807) is 25.1 Å². The average Bonchev–Trinajstić information content (AvgIpc) is 2.61. The number of anilines is 1. The highest BCUT2D eigenvalue weighted by Gasteiger charge is 2.21. The van der Waals surface area contributed by atoms with Crippen LogP contribution >= 0.6 is 0 Å². The lowest BCUT2D eigenvalue weighted by molar-refractivity contribution is 0.0521. The Morgan fingerprint density at radius 3 is 2.38 bits per heavy atom. The molecule has 0 aliphatic carbocycles. The molecule has 0 spiro atoms. The topological polar surface area (TPSA) is 73.9 Å². The van der Waals surface area contributed by atoms with Gasteiger partial charge in [0, 0.05) is 0 Å². The van der Waals surface area contributed by atoms with Gasteiger partial charge >= 0.3 is 12.1 Å². The maximum atomic E-state index is 12.3. The van der Waals surface area contributed by atoms with Gasteiger partial charge in [-0.25, -0.2) is 9.59 Å². The molecule has 0 saturated carbocycles. The van der Waals surface area contributed by atoms with Crippen LogP contribution in [0.15, 0.2) is 48.5 Å². The lowest BCUT2D eigenvalue weighted by atomic mass is 10.1. The molecular formula is C20H23NO5. The first-order valence-corrected chi connectivity index (χ1v) is 8.45. The van der Waals surface area contributed by atoms with E-state index in [0.717, 1.165) is 5.56 Å². The molecule has 2 rings (SSSR count). The van der Waals surface area contributed by atoms with E-state index in [1.807, 2.05) is 44.2 Å². The molecule has 1 N–H and O–H groups in total. The molecule has 2 aromatic carbocycles. The summed E-state index contributed by atoms with van der Waals surface area (Å²) >= 11 is 0. The van der Waals surface area contributed by atoms with Gasteiger partial charge in [0.1, 0.15) is 17.9 Å². The number of benzene rings is 2. The van der Waals surface area contributed by atoms with Crippen molar-refractivity contribution in [3.63, 3.8) is 0 Å². The number of ether oxygens (including phenoxy) is 3. The van der Waals surface area contributed by atoms with Crippen molar-refractivity contribution in [2.75, 3.05) is 11.9 Å². The van der Waals surface area contributed by atoms with Crippen molar-refractivity contribution in [3.8, 4) is 5.75 Å². The van der Waals surface area contributed by atoms with E-state index in [9.17, 15) is 9.59 Å². The second kappa shape index (κ2) is 9.46. The molecule has 0 bridgehead atoms. The largest absolute Gasteiger partial charge is 0.490 e. The van der Waals surface area contributed by atoms with Crippen molar-refractivity contribution in [2.24, 2.45) is 0 Å². The molecular weight excluding hydrogens is 334 g/mol. The number of hydrogen-bond donors (Lipinski definition) is 1. The molecule has 0 heterocycles. The van der Waals surface area contributed by atoms with Crippen LogP contribution in [0.4, 0.5) is 10.5 Å². The van der Waals surface area contributed by atoms with E-state index >= 15 is 0 Å². The van der Waals surface area contributed by atoms with E-state index < -0.39 is 12.1 Å². The monoisotopic (exact) mass is 357 g/mol. The summed E-state index contributed by atoms with van der Waals surface area (Å²) in [7, 11) is 0. The molecule has 0 atom stereocenters. The highest BCUT2D eigenvalue weighted by molar-refractivity contribution is 6.02. The number of hydrogen-bond acceptors (Lipinski definition) is 5. The van der Waals surface area contributed by atoms with Gasteiger partial charge in [0.2, 0.25) is 0 Å². The van der Waals surface area contributed by atoms with E-state index in [2.05, 4.69) is 5.32 Å². The molecule has 0 aromatic heterocycles. The minimum Gasteiger partial charge on any atom is -0.490 e. The minimum atomic E-state index is -0.666. The second-order valence-corrected chi connectivity index (χ2v) is 5.75. The normalized spacial score (nSPS) is 10.3. The van der Waals surface area contributed by atoms with Crippen LogP contribution in [0.1, 0.15) is 36.7 Å². The summed E-state index contributed by atoms with van der Waals surface area (Å²) in [6.07, 6.45) is -0.801. The van der Waals surface area contributed by atoms with Gasteiger partial charge in [0.15, 0.2) is 0 Å². The predicted octanol–water partition coefficient (Wildman–Crippen LogP) is 4.40. The van der Waals surface area contributed by atoms with Crippen LogP contribution in [0.5, 0.6) is 5.75 Å². The summed E-state index contributed by atoms with van der Waals surface area (Å²) in [4.78, 5) is 24.5. The van der Waals surface area contributed by atoms with Crippen LogP contribution < -0.4 is 10.1 Å². The van der Waals surface area contributed by atoms with Crippen molar-refractivity contribution in [1.29, 1.82) is 0 Å². The summed E-state index contributed by atoms with van der Waals surface area (Å²) in [5, 5.41) is 2.59. The molecule has 2 aromatic rings. The highest BCUT2D eigenvalue weighted by atomic mass is 16.5. The molecule has 0 fully saturated rings. The third-order valence-corrected chi connectivity index (χ3v) is 3.32. The van der Waals surface area contributed by atoms with Crippen molar-refractivity contribution in [1.82, 2.24) is 0 Å². The SMILES string of the molecule is CCOC(=O)c1c(NC(=O)OCc2ccccc2)cccc1OC(C)C. The molecule has 26 heavy (non-hydrogen) atoms. The Kier molecular flexibility index (Phi) is 7.02. The summed E-state index contributed by atoms with van der Waals surface area (Å²) in [5.74, 6) is -0.221. The first-order chi connectivity index (χ1) is 12.5. The van der Waals surface area contributed by atoms with Crippen molar-refractivity contribution < 1.29 is 23.8 Å². The fourth-order valence-corrected chi connectivity index (χ4v) is 2.27. The Hall–Kier alpha value is -3.02. The molecule has 0 aliphatic rings. The van der Waals surface area contributed by atoms with Gasteiger partial charge in [0.05, 0.1) is 18.4 Å². The van der Waals surface area contributed by atoms with Gasteiger partial charge in [0.25, 0.3) is 0 Å². The smallest absolute Gasteiger partial charge is 0.411 e. The molecule has 6 heteroatoms. The first-order valence-electron chi connectivity index (χ1n) is 8.45. The van der Waals surface area contributed by atoms with E-state index in [1.165, 1.54) is 0 Å². The number of esters is 1. The quantitative estimate of drug-likeness (QED) is 0.744. The molecule has 0 unspecified atom stereocenters. The van der Waals surface area contributed by atoms with Gasteiger partial charge in [-0.3, -0.25) is 5.32 Å². The first kappa shape index (κ1) is 19.3. The summed E-state index contributed by atoms with van der Waals surface area (Å²) < 4.78 is 16.0. The number of rotatable bonds is 7. The van der Waals surface area contributed by atoms with Crippen LogP contribution in [-0.2, 0) is 16.1 Å². The standard InChI is InChI=1S/C20H23NO5/c1-4-24-19(22)18-16(11-8-12-17(18)26-14(2)3)21-20(23)25-13-15-9-6-5-7-10-15/h5-12,14H,4,13H2,1-3H3,(H,21,23). The van der Waals surface area contributed by atoms with Crippen molar-refractivity contribution >= 4 is 17.7 Å². The van der Waals surface area contributed by atoms with Gasteiger partial charge < -0.3 is 14.2 Å². The summed E-state index contributed by atoms with van der Waals surface area (Å²) in [5.41, 5.74) is 1.31. The number of nitrogens with one attached hydrogen (secondary N) is 1. The second-order valence-electron chi connectivity index (χ2n) is 5.75. The lowest BCUT2D eigenvalue weighted by Gasteiger charge is -2.17. The number of carbonyl (C=O) groups excluding carboxylic acids is 2. The van der Waals surface area contributed by atoms with Crippen molar-refractivity contribution in [3.05, 3.63) is 59.7 Å². The van der Waals surface area contributed by atoms with Crippen LogP contribution in [0.3, 0.4) is 0 Å². The maximum Gasteiger partial charge on any atom is 0.411 e. The molecule has 0 radical (unpaired) electrons. The lowest BCUT2D eigenvalue weighted by Crippen LogP contribution is -2.18. The van der Waals surface area contributed by atoms with E-state index in [-0.39, 0.29) is 30.6 Å². The van der Waals surface area contributed by atoms with Gasteiger partial charge in [-0.05, 0) is 38.5 Å². The molecule has 1 amide bonds. The highest BCUT2D eigenvalue weighted by Crippen LogP contribution is 2.28. The Morgan fingerprint density at radius 2 is 1.73 bits per heavy atom. The van der Waals surface area contributed by atoms with Crippen LogP contribution in [-0.4, -0.2) is 24.8 Å². The fourth-order valence-electron chi connectivity index (χ4n) is 2.27. The summed E-state index contributed by atoms with van der Waals surface area (Å²) in [6.45, 7) is 5.76. The maximum absolute atomic E-state index is 12.3. The Morgan fingerprint density at radius 1 is 1.00 bits per heavy atom. The van der Waals surface area contributed by atoms with E-state index in [4.69, 9.17) is 14.2 Å². The zero-order valence-electron chi connectivity index (χ0n) is 15.2. The van der Waals surface area contributed by atoms with Crippen molar-refractivity contribution in [2.45, 2.75) is 33.5 Å². The zero-order chi connectivity index (χ0) is 18.9. The Balaban J connectivity index is 2.16. The molecule has 6 nitrogen and oxygen atoms in total. The predicted molar refractivity (Wildman–Crippen MR) is 98.4 cm³/mol. The minimum absolute atomic E-state index is 0.129. The Bertz CT molecular complexity index is 743. The summed E-state index contributed by atoms with van der Waals surface area (Å²) in [6, 6.07) is 14.3. The number of carbonyl (C=O) groups is 2. The fraction of sp³-hybridized carbons (Fsp3) is 0.300. The Labute approximate surface area is 153 Å². The average molecular weight is 357 g/mol. The van der Waals surface area contributed by atoms with Crippen LogP contribution in [0.25, 0.3) is 0 Å². The molecule has 138 valence electrons. The van der Waals surface area contributed by atoms with Gasteiger partial charge in [-0.2, -0.15) is 0 Å². The third kappa shape index (κ3) is 5.51. The zero-order valence-corrected chi connectivity index (χ0v) is 15.2. The van der Waals surface area contributed by atoms with Crippen LogP contribution in [0, 0.1) is 0 Å². The van der Waals surface area contributed by atoms with E-state index in [0.29, 0.717) is 5.75 Å². The number of amides is 1. The third-order valence-electron chi connectivity index (χ3n) is 3.32.